The van der Waals surface area contributed by atoms with Gasteiger partial charge in [0, 0.05) is 12.6 Å². The molecule has 4 nitrogen and oxygen atoms in total. The molecule has 0 bridgehead atoms. The molecule has 0 spiro atoms. The van der Waals surface area contributed by atoms with Crippen molar-refractivity contribution < 1.29 is 27.5 Å². The van der Waals surface area contributed by atoms with E-state index in [1.807, 2.05) is 0 Å². The molecule has 2 aromatic carbocycles. The van der Waals surface area contributed by atoms with Gasteiger partial charge in [0.25, 0.3) is 5.91 Å². The van der Waals surface area contributed by atoms with Crippen molar-refractivity contribution in [2.45, 2.75) is 6.18 Å². The van der Waals surface area contributed by atoms with E-state index >= 15 is 0 Å². The van der Waals surface area contributed by atoms with Crippen LogP contribution in [0.25, 0.3) is 6.08 Å². The third kappa shape index (κ3) is 5.47. The molecule has 7 heteroatoms. The Morgan fingerprint density at radius 3 is 2.42 bits per heavy atom. The summed E-state index contributed by atoms with van der Waals surface area (Å²) in [6.07, 6.45) is -1.90. The molecule has 0 saturated carbocycles. The Morgan fingerprint density at radius 2 is 1.81 bits per heavy atom. The number of alkyl halides is 3. The van der Waals surface area contributed by atoms with E-state index in [9.17, 15) is 22.8 Å². The summed E-state index contributed by atoms with van der Waals surface area (Å²) in [5, 5.41) is 2.41. The minimum atomic E-state index is -4.43. The van der Waals surface area contributed by atoms with Crippen molar-refractivity contribution in [3.05, 3.63) is 71.3 Å². The number of ether oxygens (including phenoxy) is 1. The topological polar surface area (TPSA) is 55.4 Å². The van der Waals surface area contributed by atoms with Crippen molar-refractivity contribution in [1.82, 2.24) is 5.32 Å². The van der Waals surface area contributed by atoms with Crippen molar-refractivity contribution in [2.24, 2.45) is 0 Å². The number of likely N-dealkylation sites (N-methyl/N-ethyl adjacent to an activating group) is 1. The molecule has 136 valence electrons. The van der Waals surface area contributed by atoms with Gasteiger partial charge in [-0.05, 0) is 48.0 Å². The van der Waals surface area contributed by atoms with Crippen LogP contribution in [0.5, 0.6) is 5.75 Å². The zero-order valence-electron chi connectivity index (χ0n) is 13.8. The van der Waals surface area contributed by atoms with E-state index in [0.717, 1.165) is 12.1 Å². The van der Waals surface area contributed by atoms with Crippen LogP contribution >= 0.6 is 0 Å². The number of hydrogen-bond donors (Lipinski definition) is 1. The van der Waals surface area contributed by atoms with Crippen LogP contribution in [0.1, 0.15) is 21.5 Å². The third-order valence-corrected chi connectivity index (χ3v) is 3.43. The van der Waals surface area contributed by atoms with E-state index < -0.39 is 11.7 Å². The second-order valence-corrected chi connectivity index (χ2v) is 5.31. The van der Waals surface area contributed by atoms with Crippen molar-refractivity contribution in [3.8, 4) is 5.75 Å². The van der Waals surface area contributed by atoms with Crippen molar-refractivity contribution >= 4 is 17.8 Å². The molecule has 0 heterocycles. The Hall–Kier alpha value is -3.09. The van der Waals surface area contributed by atoms with Crippen LogP contribution in [0, 0.1) is 0 Å². The molecule has 0 unspecified atom stereocenters. The summed E-state index contributed by atoms with van der Waals surface area (Å²) in [5.41, 5.74) is -0.149. The summed E-state index contributed by atoms with van der Waals surface area (Å²) in [4.78, 5) is 23.2. The minimum absolute atomic E-state index is 0.140. The van der Waals surface area contributed by atoms with Gasteiger partial charge in [0.15, 0.2) is 12.4 Å². The second-order valence-electron chi connectivity index (χ2n) is 5.31. The summed E-state index contributed by atoms with van der Waals surface area (Å²) in [6, 6.07) is 10.8. The monoisotopic (exact) mass is 363 g/mol. The number of benzene rings is 2. The average Bonchev–Trinajstić information content (AvgIpc) is 2.64. The van der Waals surface area contributed by atoms with Crippen molar-refractivity contribution in [3.63, 3.8) is 0 Å². The number of carbonyl (C=O) groups excluding carboxylic acids is 2. The number of amides is 1. The van der Waals surface area contributed by atoms with E-state index in [-0.39, 0.29) is 23.9 Å². The highest BCUT2D eigenvalue weighted by Crippen LogP contribution is 2.29. The van der Waals surface area contributed by atoms with Gasteiger partial charge in [-0.15, -0.1) is 0 Å². The zero-order chi connectivity index (χ0) is 19.2. The van der Waals surface area contributed by atoms with E-state index in [4.69, 9.17) is 4.74 Å². The maximum absolute atomic E-state index is 12.7. The maximum Gasteiger partial charge on any atom is 0.416 e. The van der Waals surface area contributed by atoms with Gasteiger partial charge in [0.1, 0.15) is 5.75 Å². The van der Waals surface area contributed by atoms with E-state index in [1.165, 1.54) is 55.6 Å². The van der Waals surface area contributed by atoms with Crippen LogP contribution in [-0.4, -0.2) is 25.3 Å². The van der Waals surface area contributed by atoms with E-state index in [2.05, 4.69) is 5.32 Å². The number of hydrogen-bond acceptors (Lipinski definition) is 3. The van der Waals surface area contributed by atoms with Gasteiger partial charge < -0.3 is 10.1 Å². The molecule has 0 aromatic heterocycles. The van der Waals surface area contributed by atoms with Gasteiger partial charge >= 0.3 is 6.18 Å². The standard InChI is InChI=1S/C19H16F3NO3/c1-23-18(25)12-26-16-8-6-14(7-9-16)17(24)10-5-13-3-2-4-15(11-13)19(20,21)22/h2-11H,12H2,1H3,(H,23,25)/b10-5+. The Balaban J connectivity index is 2.03. The third-order valence-electron chi connectivity index (χ3n) is 3.43. The molecule has 1 N–H and O–H groups in total. The molecular formula is C19H16F3NO3. The zero-order valence-corrected chi connectivity index (χ0v) is 13.8. The number of rotatable bonds is 6. The molecule has 1 amide bonds. The first kappa shape index (κ1) is 19.2. The molecule has 0 radical (unpaired) electrons. The lowest BCUT2D eigenvalue weighted by Gasteiger charge is -2.06. The first-order valence-corrected chi connectivity index (χ1v) is 7.62. The second kappa shape index (κ2) is 8.33. The molecule has 0 saturated heterocycles. The number of allylic oxidation sites excluding steroid dienone is 1. The van der Waals surface area contributed by atoms with Crippen LogP contribution in [0.15, 0.2) is 54.6 Å². The fraction of sp³-hybridized carbons (Fsp3) is 0.158. The summed E-state index contributed by atoms with van der Waals surface area (Å²) >= 11 is 0. The fourth-order valence-electron chi connectivity index (χ4n) is 2.02. The molecule has 26 heavy (non-hydrogen) atoms. The summed E-state index contributed by atoms with van der Waals surface area (Å²) in [7, 11) is 1.49. The molecule has 0 fully saturated rings. The maximum atomic E-state index is 12.7. The molecule has 0 aliphatic carbocycles. The Bertz CT molecular complexity index is 812. The van der Waals surface area contributed by atoms with Crippen LogP contribution in [0.3, 0.4) is 0 Å². The lowest BCUT2D eigenvalue weighted by atomic mass is 10.1. The molecule has 2 aromatic rings. The summed E-state index contributed by atoms with van der Waals surface area (Å²) in [6.45, 7) is -0.140. The highest BCUT2D eigenvalue weighted by molar-refractivity contribution is 6.06. The molecule has 0 aliphatic heterocycles. The molecular weight excluding hydrogens is 347 g/mol. The highest BCUT2D eigenvalue weighted by atomic mass is 19.4. The predicted octanol–water partition coefficient (Wildman–Crippen LogP) is 3.73. The predicted molar refractivity (Wildman–Crippen MR) is 90.8 cm³/mol. The fourth-order valence-corrected chi connectivity index (χ4v) is 2.02. The first-order valence-electron chi connectivity index (χ1n) is 7.62. The Kier molecular flexibility index (Phi) is 6.16. The lowest BCUT2D eigenvalue weighted by Crippen LogP contribution is -2.24. The van der Waals surface area contributed by atoms with Gasteiger partial charge in [0.2, 0.25) is 0 Å². The number of ketones is 1. The van der Waals surface area contributed by atoms with Crippen LogP contribution in [0.4, 0.5) is 13.2 Å². The van der Waals surface area contributed by atoms with E-state index in [0.29, 0.717) is 11.3 Å². The largest absolute Gasteiger partial charge is 0.484 e. The normalized spacial score (nSPS) is 11.4. The number of nitrogens with one attached hydrogen (secondary N) is 1. The average molecular weight is 363 g/mol. The highest BCUT2D eigenvalue weighted by Gasteiger charge is 2.30. The molecule has 0 atom stereocenters. The van der Waals surface area contributed by atoms with Gasteiger partial charge in [-0.1, -0.05) is 18.2 Å². The van der Waals surface area contributed by atoms with Gasteiger partial charge in [-0.25, -0.2) is 0 Å². The molecule has 2 rings (SSSR count). The number of carbonyl (C=O) groups is 2. The lowest BCUT2D eigenvalue weighted by molar-refractivity contribution is -0.137. The van der Waals surface area contributed by atoms with E-state index in [1.54, 1.807) is 0 Å². The quantitative estimate of drug-likeness (QED) is 0.629. The summed E-state index contributed by atoms with van der Waals surface area (Å²) in [5.74, 6) is -0.221. The van der Waals surface area contributed by atoms with Crippen LogP contribution < -0.4 is 10.1 Å². The van der Waals surface area contributed by atoms with Gasteiger partial charge in [-0.3, -0.25) is 9.59 Å². The smallest absolute Gasteiger partial charge is 0.416 e. The Labute approximate surface area is 148 Å². The first-order chi connectivity index (χ1) is 12.3. The summed E-state index contributed by atoms with van der Waals surface area (Å²) < 4.78 is 43.3. The van der Waals surface area contributed by atoms with Crippen LogP contribution in [0.2, 0.25) is 0 Å². The van der Waals surface area contributed by atoms with Gasteiger partial charge in [-0.2, -0.15) is 13.2 Å². The van der Waals surface area contributed by atoms with Gasteiger partial charge in [0.05, 0.1) is 5.56 Å². The minimum Gasteiger partial charge on any atom is -0.484 e. The van der Waals surface area contributed by atoms with Crippen molar-refractivity contribution in [2.75, 3.05) is 13.7 Å². The SMILES string of the molecule is CNC(=O)COc1ccc(C(=O)/C=C/c2cccc(C(F)(F)F)c2)cc1. The molecule has 0 aliphatic rings. The van der Waals surface area contributed by atoms with Crippen LogP contribution in [-0.2, 0) is 11.0 Å². The number of halogens is 3. The Morgan fingerprint density at radius 1 is 1.12 bits per heavy atom. The van der Waals surface area contributed by atoms with Crippen molar-refractivity contribution in [1.29, 1.82) is 0 Å².